The Bertz CT molecular complexity index is 633. The van der Waals surface area contributed by atoms with Crippen LogP contribution in [-0.2, 0) is 11.8 Å². The SMILES string of the molecule is CCC(=O)Nc1cccc(NC(C)c2nccn2C)c1C. The molecule has 1 aromatic heterocycles. The number of rotatable bonds is 5. The lowest BCUT2D eigenvalue weighted by molar-refractivity contribution is -0.115. The number of amides is 1. The minimum Gasteiger partial charge on any atom is -0.375 e. The minimum atomic E-state index is 0.0207. The van der Waals surface area contributed by atoms with Crippen molar-refractivity contribution in [2.75, 3.05) is 10.6 Å². The Kier molecular flexibility index (Phi) is 4.62. The quantitative estimate of drug-likeness (QED) is 0.887. The molecule has 2 rings (SSSR count). The lowest BCUT2D eigenvalue weighted by Crippen LogP contribution is -2.14. The second-order valence-corrected chi connectivity index (χ2v) is 5.14. The molecule has 2 N–H and O–H groups in total. The van der Waals surface area contributed by atoms with Crippen LogP contribution in [0.1, 0.15) is 37.7 Å². The van der Waals surface area contributed by atoms with Crippen LogP contribution in [0.25, 0.3) is 0 Å². The van der Waals surface area contributed by atoms with E-state index in [-0.39, 0.29) is 11.9 Å². The van der Waals surface area contributed by atoms with Crippen LogP contribution in [0, 0.1) is 6.92 Å². The molecular weight excluding hydrogens is 264 g/mol. The van der Waals surface area contributed by atoms with E-state index in [0.29, 0.717) is 6.42 Å². The molecule has 0 saturated heterocycles. The fourth-order valence-corrected chi connectivity index (χ4v) is 2.26. The van der Waals surface area contributed by atoms with Crippen molar-refractivity contribution in [1.82, 2.24) is 9.55 Å². The molecule has 0 aliphatic heterocycles. The van der Waals surface area contributed by atoms with Crippen LogP contribution in [0.15, 0.2) is 30.6 Å². The van der Waals surface area contributed by atoms with Gasteiger partial charge in [-0.25, -0.2) is 4.98 Å². The van der Waals surface area contributed by atoms with E-state index in [4.69, 9.17) is 0 Å². The smallest absolute Gasteiger partial charge is 0.224 e. The molecule has 0 saturated carbocycles. The summed E-state index contributed by atoms with van der Waals surface area (Å²) in [6.45, 7) is 5.91. The van der Waals surface area contributed by atoms with E-state index in [9.17, 15) is 4.79 Å². The molecule has 0 spiro atoms. The highest BCUT2D eigenvalue weighted by molar-refractivity contribution is 5.92. The Morgan fingerprint density at radius 2 is 2.10 bits per heavy atom. The zero-order valence-electron chi connectivity index (χ0n) is 13.0. The third-order valence-electron chi connectivity index (χ3n) is 3.55. The lowest BCUT2D eigenvalue weighted by Gasteiger charge is -2.18. The van der Waals surface area contributed by atoms with Crippen molar-refractivity contribution >= 4 is 17.3 Å². The molecule has 0 radical (unpaired) electrons. The van der Waals surface area contributed by atoms with Gasteiger partial charge in [-0.2, -0.15) is 0 Å². The van der Waals surface area contributed by atoms with Crippen LogP contribution in [-0.4, -0.2) is 15.5 Å². The predicted molar refractivity (Wildman–Crippen MR) is 85.3 cm³/mol. The first kappa shape index (κ1) is 15.1. The first-order valence-electron chi connectivity index (χ1n) is 7.16. The lowest BCUT2D eigenvalue weighted by atomic mass is 10.1. The van der Waals surface area contributed by atoms with Crippen molar-refractivity contribution in [1.29, 1.82) is 0 Å². The zero-order chi connectivity index (χ0) is 15.4. The van der Waals surface area contributed by atoms with Gasteiger partial charge in [-0.15, -0.1) is 0 Å². The van der Waals surface area contributed by atoms with Crippen molar-refractivity contribution in [3.63, 3.8) is 0 Å². The number of anilines is 2. The van der Waals surface area contributed by atoms with Crippen LogP contribution in [0.2, 0.25) is 0 Å². The number of carbonyl (C=O) groups is 1. The second kappa shape index (κ2) is 6.43. The summed E-state index contributed by atoms with van der Waals surface area (Å²) in [4.78, 5) is 15.9. The standard InChI is InChI=1S/C16H22N4O/c1-5-15(21)19-14-8-6-7-13(11(14)2)18-12(3)16-17-9-10-20(16)4/h6-10,12,18H,5H2,1-4H3,(H,19,21). The van der Waals surface area contributed by atoms with Crippen LogP contribution < -0.4 is 10.6 Å². The predicted octanol–water partition coefficient (Wildman–Crippen LogP) is 3.25. The molecule has 0 bridgehead atoms. The summed E-state index contributed by atoms with van der Waals surface area (Å²) in [5, 5.41) is 6.37. The van der Waals surface area contributed by atoms with Gasteiger partial charge in [0.25, 0.3) is 0 Å². The monoisotopic (exact) mass is 286 g/mol. The van der Waals surface area contributed by atoms with Crippen LogP contribution >= 0.6 is 0 Å². The third kappa shape index (κ3) is 3.42. The highest BCUT2D eigenvalue weighted by Crippen LogP contribution is 2.26. The van der Waals surface area contributed by atoms with Gasteiger partial charge in [0.1, 0.15) is 5.82 Å². The van der Waals surface area contributed by atoms with E-state index in [1.54, 1.807) is 6.20 Å². The number of aryl methyl sites for hydroxylation is 1. The summed E-state index contributed by atoms with van der Waals surface area (Å²) in [5.41, 5.74) is 2.87. The molecule has 5 heteroatoms. The number of carbonyl (C=O) groups excluding carboxylic acids is 1. The van der Waals surface area contributed by atoms with Crippen LogP contribution in [0.3, 0.4) is 0 Å². The average Bonchev–Trinajstić information content (AvgIpc) is 2.89. The van der Waals surface area contributed by atoms with Gasteiger partial charge in [0.05, 0.1) is 6.04 Å². The molecule has 21 heavy (non-hydrogen) atoms. The number of imidazole rings is 1. The number of aromatic nitrogens is 2. The summed E-state index contributed by atoms with van der Waals surface area (Å²) in [6.07, 6.45) is 4.19. The number of nitrogens with one attached hydrogen (secondary N) is 2. The van der Waals surface area contributed by atoms with Gasteiger partial charge in [-0.3, -0.25) is 4.79 Å². The Labute approximate surface area is 125 Å². The number of hydrogen-bond donors (Lipinski definition) is 2. The van der Waals surface area contributed by atoms with Gasteiger partial charge >= 0.3 is 0 Å². The fraction of sp³-hybridized carbons (Fsp3) is 0.375. The van der Waals surface area contributed by atoms with Gasteiger partial charge in [-0.05, 0) is 31.5 Å². The summed E-state index contributed by atoms with van der Waals surface area (Å²) in [5.74, 6) is 0.991. The Morgan fingerprint density at radius 3 is 2.71 bits per heavy atom. The van der Waals surface area contributed by atoms with Crippen molar-refractivity contribution in [2.45, 2.75) is 33.2 Å². The molecule has 112 valence electrons. The minimum absolute atomic E-state index is 0.0207. The van der Waals surface area contributed by atoms with E-state index in [1.165, 1.54) is 0 Å². The highest BCUT2D eigenvalue weighted by Gasteiger charge is 2.12. The topological polar surface area (TPSA) is 59.0 Å². The first-order chi connectivity index (χ1) is 10.0. The Hall–Kier alpha value is -2.30. The van der Waals surface area contributed by atoms with Gasteiger partial charge in [0.2, 0.25) is 5.91 Å². The molecule has 1 atom stereocenters. The zero-order valence-corrected chi connectivity index (χ0v) is 13.0. The maximum absolute atomic E-state index is 11.6. The van der Waals surface area contributed by atoms with Crippen LogP contribution in [0.5, 0.6) is 0 Å². The summed E-state index contributed by atoms with van der Waals surface area (Å²) in [6, 6.07) is 5.95. The molecule has 1 aromatic carbocycles. The van der Waals surface area contributed by atoms with Crippen molar-refractivity contribution in [3.8, 4) is 0 Å². The highest BCUT2D eigenvalue weighted by atomic mass is 16.1. The van der Waals surface area contributed by atoms with Crippen molar-refractivity contribution in [3.05, 3.63) is 42.0 Å². The van der Waals surface area contributed by atoms with E-state index >= 15 is 0 Å². The second-order valence-electron chi connectivity index (χ2n) is 5.14. The van der Waals surface area contributed by atoms with E-state index < -0.39 is 0 Å². The Balaban J connectivity index is 2.19. The summed E-state index contributed by atoms with van der Waals surface area (Å²) < 4.78 is 2.00. The molecule has 0 aliphatic carbocycles. The van der Waals surface area contributed by atoms with E-state index in [0.717, 1.165) is 22.8 Å². The molecular formula is C16H22N4O. The summed E-state index contributed by atoms with van der Waals surface area (Å²) >= 11 is 0. The molecule has 2 aromatic rings. The molecule has 1 unspecified atom stereocenters. The number of benzene rings is 1. The first-order valence-corrected chi connectivity index (χ1v) is 7.16. The van der Waals surface area contributed by atoms with Crippen molar-refractivity contribution in [2.24, 2.45) is 7.05 Å². The van der Waals surface area contributed by atoms with Gasteiger partial charge in [0.15, 0.2) is 0 Å². The van der Waals surface area contributed by atoms with E-state index in [1.807, 2.05) is 49.9 Å². The van der Waals surface area contributed by atoms with Crippen molar-refractivity contribution < 1.29 is 4.79 Å². The number of hydrogen-bond acceptors (Lipinski definition) is 3. The number of nitrogens with zero attached hydrogens (tertiary/aromatic N) is 2. The average molecular weight is 286 g/mol. The molecule has 0 fully saturated rings. The van der Waals surface area contributed by atoms with Gasteiger partial charge in [-0.1, -0.05) is 13.0 Å². The van der Waals surface area contributed by atoms with E-state index in [2.05, 4.69) is 22.5 Å². The third-order valence-corrected chi connectivity index (χ3v) is 3.55. The largest absolute Gasteiger partial charge is 0.375 e. The molecule has 1 heterocycles. The molecule has 5 nitrogen and oxygen atoms in total. The molecule has 0 aliphatic rings. The fourth-order valence-electron chi connectivity index (χ4n) is 2.26. The molecule has 1 amide bonds. The Morgan fingerprint density at radius 1 is 1.38 bits per heavy atom. The van der Waals surface area contributed by atoms with Gasteiger partial charge in [0, 0.05) is 37.2 Å². The normalized spacial score (nSPS) is 12.0. The van der Waals surface area contributed by atoms with Gasteiger partial charge < -0.3 is 15.2 Å². The maximum atomic E-state index is 11.6. The van der Waals surface area contributed by atoms with Crippen LogP contribution in [0.4, 0.5) is 11.4 Å². The maximum Gasteiger partial charge on any atom is 0.224 e. The summed E-state index contributed by atoms with van der Waals surface area (Å²) in [7, 11) is 1.98.